The van der Waals surface area contributed by atoms with Crippen molar-refractivity contribution in [3.8, 4) is 5.75 Å². The molecule has 0 spiro atoms. The molecular formula is C20H16Cl2N2O4S. The normalized spacial score (nSPS) is 15.1. The third kappa shape index (κ3) is 4.93. The molecule has 1 aliphatic rings. The molecule has 0 bridgehead atoms. The molecule has 6 nitrogen and oxygen atoms in total. The number of benzene rings is 2. The highest BCUT2D eigenvalue weighted by molar-refractivity contribution is 8.18. The first kappa shape index (κ1) is 21.2. The molecule has 1 aliphatic heterocycles. The Kier molecular flexibility index (Phi) is 6.84. The number of thioether (sulfide) groups is 1. The maximum absolute atomic E-state index is 12.5. The Morgan fingerprint density at radius 1 is 1.17 bits per heavy atom. The van der Waals surface area contributed by atoms with Gasteiger partial charge in [-0.2, -0.15) is 0 Å². The standard InChI is InChI=1S/C20H16Cl2N2O4S/c1-28-14-7-5-12(6-8-14)18(25)23-9-10-24-19(26)16(29-20(24)27)11-13-3-2-4-15(21)17(13)22/h2-8,11H,9-10H2,1H3,(H,23,25)/b16-11-. The minimum atomic E-state index is -0.435. The average molecular weight is 451 g/mol. The molecule has 3 amide bonds. The van der Waals surface area contributed by atoms with Crippen LogP contribution in [0, 0.1) is 0 Å². The fourth-order valence-corrected chi connectivity index (χ4v) is 3.81. The van der Waals surface area contributed by atoms with Gasteiger partial charge in [-0.1, -0.05) is 35.3 Å². The van der Waals surface area contributed by atoms with Crippen molar-refractivity contribution < 1.29 is 19.1 Å². The van der Waals surface area contributed by atoms with Gasteiger partial charge in [-0.15, -0.1) is 0 Å². The van der Waals surface area contributed by atoms with E-state index in [1.165, 1.54) is 6.08 Å². The molecule has 0 unspecified atom stereocenters. The Labute approximate surface area is 181 Å². The first-order chi connectivity index (χ1) is 13.9. The SMILES string of the molecule is COc1ccc(C(=O)NCCN2C(=O)S/C(=C\c3cccc(Cl)c3Cl)C2=O)cc1. The Morgan fingerprint density at radius 3 is 2.59 bits per heavy atom. The van der Waals surface area contributed by atoms with Crippen molar-refractivity contribution in [2.24, 2.45) is 0 Å². The fourth-order valence-electron chi connectivity index (χ4n) is 2.59. The lowest BCUT2D eigenvalue weighted by Crippen LogP contribution is -2.37. The zero-order valence-corrected chi connectivity index (χ0v) is 17.6. The Balaban J connectivity index is 1.61. The van der Waals surface area contributed by atoms with Crippen LogP contribution in [-0.4, -0.2) is 42.2 Å². The van der Waals surface area contributed by atoms with Crippen molar-refractivity contribution >= 4 is 58.1 Å². The van der Waals surface area contributed by atoms with Crippen molar-refractivity contribution in [3.05, 3.63) is 68.5 Å². The van der Waals surface area contributed by atoms with Crippen molar-refractivity contribution in [2.45, 2.75) is 0 Å². The van der Waals surface area contributed by atoms with E-state index in [-0.39, 0.29) is 23.9 Å². The Hall–Kier alpha value is -2.48. The molecule has 29 heavy (non-hydrogen) atoms. The molecular weight excluding hydrogens is 435 g/mol. The number of carbonyl (C=O) groups excluding carboxylic acids is 3. The first-order valence-electron chi connectivity index (χ1n) is 8.52. The van der Waals surface area contributed by atoms with E-state index in [0.29, 0.717) is 26.9 Å². The molecule has 1 fully saturated rings. The van der Waals surface area contributed by atoms with Crippen molar-refractivity contribution in [1.29, 1.82) is 0 Å². The first-order valence-corrected chi connectivity index (χ1v) is 10.1. The number of hydrogen-bond acceptors (Lipinski definition) is 5. The van der Waals surface area contributed by atoms with Gasteiger partial charge in [-0.05, 0) is 53.7 Å². The van der Waals surface area contributed by atoms with E-state index in [4.69, 9.17) is 27.9 Å². The number of hydrogen-bond donors (Lipinski definition) is 1. The minimum Gasteiger partial charge on any atom is -0.497 e. The fraction of sp³-hybridized carbons (Fsp3) is 0.150. The molecule has 150 valence electrons. The number of carbonyl (C=O) groups is 3. The van der Waals surface area contributed by atoms with Crippen LogP contribution < -0.4 is 10.1 Å². The summed E-state index contributed by atoms with van der Waals surface area (Å²) in [5, 5.41) is 2.96. The number of methoxy groups -OCH3 is 1. The van der Waals surface area contributed by atoms with Crippen LogP contribution in [0.1, 0.15) is 15.9 Å². The maximum atomic E-state index is 12.5. The summed E-state index contributed by atoms with van der Waals surface area (Å²) in [6.07, 6.45) is 1.54. The van der Waals surface area contributed by atoms with E-state index in [9.17, 15) is 14.4 Å². The number of rotatable bonds is 6. The Morgan fingerprint density at radius 2 is 1.90 bits per heavy atom. The number of nitrogens with one attached hydrogen (secondary N) is 1. The van der Waals surface area contributed by atoms with Crippen LogP contribution in [0.4, 0.5) is 4.79 Å². The number of amides is 3. The summed E-state index contributed by atoms with van der Waals surface area (Å²) in [5.41, 5.74) is 1.01. The predicted molar refractivity (Wildman–Crippen MR) is 114 cm³/mol. The van der Waals surface area contributed by atoms with E-state index in [1.807, 2.05) is 0 Å². The number of nitrogens with zero attached hydrogens (tertiary/aromatic N) is 1. The number of ether oxygens (including phenoxy) is 1. The van der Waals surface area contributed by atoms with Crippen LogP contribution >= 0.6 is 35.0 Å². The zero-order valence-electron chi connectivity index (χ0n) is 15.3. The predicted octanol–water partition coefficient (Wildman–Crippen LogP) is 4.47. The highest BCUT2D eigenvalue weighted by Crippen LogP contribution is 2.34. The molecule has 9 heteroatoms. The van der Waals surface area contributed by atoms with E-state index in [0.717, 1.165) is 16.7 Å². The summed E-state index contributed by atoms with van der Waals surface area (Å²) in [4.78, 5) is 38.3. The van der Waals surface area contributed by atoms with Crippen LogP contribution in [0.2, 0.25) is 10.0 Å². The van der Waals surface area contributed by atoms with Crippen molar-refractivity contribution in [1.82, 2.24) is 10.2 Å². The monoisotopic (exact) mass is 450 g/mol. The largest absolute Gasteiger partial charge is 0.497 e. The summed E-state index contributed by atoms with van der Waals surface area (Å²) < 4.78 is 5.05. The Bertz CT molecular complexity index is 992. The van der Waals surface area contributed by atoms with E-state index >= 15 is 0 Å². The smallest absolute Gasteiger partial charge is 0.293 e. The highest BCUT2D eigenvalue weighted by Gasteiger charge is 2.34. The molecule has 3 rings (SSSR count). The molecule has 0 saturated carbocycles. The van der Waals surface area contributed by atoms with Gasteiger partial charge in [0, 0.05) is 18.7 Å². The molecule has 0 aromatic heterocycles. The van der Waals surface area contributed by atoms with E-state index < -0.39 is 11.1 Å². The number of imide groups is 1. The van der Waals surface area contributed by atoms with Gasteiger partial charge < -0.3 is 10.1 Å². The van der Waals surface area contributed by atoms with Crippen LogP contribution in [0.5, 0.6) is 5.75 Å². The van der Waals surface area contributed by atoms with E-state index in [2.05, 4.69) is 5.32 Å². The van der Waals surface area contributed by atoms with E-state index in [1.54, 1.807) is 49.6 Å². The summed E-state index contributed by atoms with van der Waals surface area (Å²) in [6.45, 7) is 0.196. The van der Waals surface area contributed by atoms with Gasteiger partial charge in [0.15, 0.2) is 0 Å². The van der Waals surface area contributed by atoms with Crippen LogP contribution in [0.15, 0.2) is 47.4 Å². The lowest BCUT2D eigenvalue weighted by molar-refractivity contribution is -0.122. The van der Waals surface area contributed by atoms with Gasteiger partial charge in [-0.3, -0.25) is 19.3 Å². The highest BCUT2D eigenvalue weighted by atomic mass is 35.5. The average Bonchev–Trinajstić information content (AvgIpc) is 2.98. The van der Waals surface area contributed by atoms with Gasteiger partial charge in [-0.25, -0.2) is 0 Å². The summed E-state index contributed by atoms with van der Waals surface area (Å²) >= 11 is 12.9. The zero-order chi connectivity index (χ0) is 21.0. The second-order valence-electron chi connectivity index (χ2n) is 5.96. The number of halogens is 2. The van der Waals surface area contributed by atoms with Gasteiger partial charge in [0.25, 0.3) is 17.1 Å². The summed E-state index contributed by atoms with van der Waals surface area (Å²) in [6, 6.07) is 11.7. The topological polar surface area (TPSA) is 75.7 Å². The van der Waals surface area contributed by atoms with Crippen LogP contribution in [-0.2, 0) is 4.79 Å². The minimum absolute atomic E-state index is 0.0627. The quantitative estimate of drug-likeness (QED) is 0.656. The molecule has 2 aromatic carbocycles. The molecule has 2 aromatic rings. The van der Waals surface area contributed by atoms with Gasteiger partial charge in [0.1, 0.15) is 5.75 Å². The summed E-state index contributed by atoms with van der Waals surface area (Å²) in [5.74, 6) is -0.0958. The second-order valence-corrected chi connectivity index (χ2v) is 7.74. The molecule has 0 atom stereocenters. The molecule has 0 radical (unpaired) electrons. The van der Waals surface area contributed by atoms with Gasteiger partial charge in [0.05, 0.1) is 22.1 Å². The lowest BCUT2D eigenvalue weighted by atomic mass is 10.2. The third-order valence-electron chi connectivity index (χ3n) is 4.11. The molecule has 1 heterocycles. The summed E-state index contributed by atoms with van der Waals surface area (Å²) in [7, 11) is 1.54. The van der Waals surface area contributed by atoms with Crippen LogP contribution in [0.25, 0.3) is 6.08 Å². The van der Waals surface area contributed by atoms with Gasteiger partial charge in [0.2, 0.25) is 0 Å². The lowest BCUT2D eigenvalue weighted by Gasteiger charge is -2.13. The van der Waals surface area contributed by atoms with Crippen molar-refractivity contribution in [2.75, 3.05) is 20.2 Å². The second kappa shape index (κ2) is 9.35. The maximum Gasteiger partial charge on any atom is 0.293 e. The van der Waals surface area contributed by atoms with Crippen molar-refractivity contribution in [3.63, 3.8) is 0 Å². The molecule has 1 N–H and O–H groups in total. The van der Waals surface area contributed by atoms with Gasteiger partial charge >= 0.3 is 0 Å². The third-order valence-corrected chi connectivity index (χ3v) is 5.86. The van der Waals surface area contributed by atoms with Crippen LogP contribution in [0.3, 0.4) is 0 Å². The molecule has 1 saturated heterocycles. The molecule has 0 aliphatic carbocycles.